The molecule has 0 aliphatic rings. The molecule has 0 radical (unpaired) electrons. The highest BCUT2D eigenvalue weighted by atomic mass is 31.2. The maximum absolute atomic E-state index is 10.1. The van der Waals surface area contributed by atoms with Gasteiger partial charge in [-0.2, -0.15) is 0 Å². The highest BCUT2D eigenvalue weighted by molar-refractivity contribution is 7.49. The number of hydrogen-bond donors (Lipinski definition) is 3. The summed E-state index contributed by atoms with van der Waals surface area (Å²) in [5, 5.41) is 2.09. The smallest absolute Gasteiger partial charge is 0.313 e. The average Bonchev–Trinajstić information content (AvgIpc) is 1.63. The second kappa shape index (κ2) is 4.01. The Balaban J connectivity index is 3.18. The molecule has 0 rings (SSSR count). The molecule has 0 saturated heterocycles. The fourth-order valence-electron chi connectivity index (χ4n) is 0.401. The van der Waals surface area contributed by atoms with Crippen LogP contribution >= 0.6 is 7.75 Å². The maximum atomic E-state index is 10.1. The molecule has 0 aliphatic carbocycles. The lowest BCUT2D eigenvalue weighted by Crippen LogP contribution is -2.10. The highest BCUT2D eigenvalue weighted by Crippen LogP contribution is 2.27. The zero-order chi connectivity index (χ0) is 7.33. The molecular weight excluding hydrogens is 141 g/mol. The van der Waals surface area contributed by atoms with Gasteiger partial charge in [0.1, 0.15) is 0 Å². The molecule has 0 saturated carbocycles. The van der Waals surface area contributed by atoms with Gasteiger partial charge < -0.3 is 9.79 Å². The number of unbranched alkanes of at least 4 members (excludes halogenated alkanes) is 1. The van der Waals surface area contributed by atoms with Crippen LogP contribution in [0.5, 0.6) is 0 Å². The van der Waals surface area contributed by atoms with Gasteiger partial charge in [-0.3, -0.25) is 0 Å². The Kier molecular flexibility index (Phi) is 4.06. The molecule has 0 amide bonds. The van der Waals surface area contributed by atoms with Crippen molar-refractivity contribution in [1.29, 1.82) is 0 Å². The third kappa shape index (κ3) is 8.11. The van der Waals surface area contributed by atoms with Crippen molar-refractivity contribution in [1.82, 2.24) is 5.09 Å². The Morgan fingerprint density at radius 2 is 2.11 bits per heavy atom. The molecule has 0 aliphatic heterocycles. The predicted octanol–water partition coefficient (Wildman–Crippen LogP) is 0.469. The van der Waals surface area contributed by atoms with Crippen molar-refractivity contribution in [2.45, 2.75) is 19.8 Å². The van der Waals surface area contributed by atoms with E-state index in [1.165, 1.54) is 0 Å². The second-order valence-corrected chi connectivity index (χ2v) is 3.21. The molecule has 0 aromatic carbocycles. The fourth-order valence-corrected chi connectivity index (χ4v) is 0.851. The molecule has 0 unspecified atom stereocenters. The van der Waals surface area contributed by atoms with Gasteiger partial charge in [-0.15, -0.1) is 0 Å². The van der Waals surface area contributed by atoms with Crippen LogP contribution < -0.4 is 5.09 Å². The summed E-state index contributed by atoms with van der Waals surface area (Å²) in [7, 11) is -3.95. The summed E-state index contributed by atoms with van der Waals surface area (Å²) in [5.41, 5.74) is 0. The molecule has 0 fully saturated rings. The van der Waals surface area contributed by atoms with Crippen LogP contribution in [-0.4, -0.2) is 16.3 Å². The van der Waals surface area contributed by atoms with Gasteiger partial charge in [0, 0.05) is 6.54 Å². The number of nitrogens with one attached hydrogen (secondary N) is 1. The summed E-state index contributed by atoms with van der Waals surface area (Å²) in [4.78, 5) is 16.5. The maximum Gasteiger partial charge on any atom is 0.400 e. The number of hydrogen-bond acceptors (Lipinski definition) is 1. The van der Waals surface area contributed by atoms with E-state index < -0.39 is 7.75 Å². The first-order valence-electron chi connectivity index (χ1n) is 2.87. The van der Waals surface area contributed by atoms with Gasteiger partial charge in [0.05, 0.1) is 0 Å². The van der Waals surface area contributed by atoms with Gasteiger partial charge in [-0.1, -0.05) is 13.3 Å². The molecule has 0 aromatic heterocycles. The summed E-state index contributed by atoms with van der Waals surface area (Å²) in [5.74, 6) is 0. The minimum atomic E-state index is -3.95. The van der Waals surface area contributed by atoms with Crippen molar-refractivity contribution < 1.29 is 14.4 Å². The molecule has 4 nitrogen and oxygen atoms in total. The minimum Gasteiger partial charge on any atom is -0.313 e. The summed E-state index contributed by atoms with van der Waals surface area (Å²) < 4.78 is 10.1. The van der Waals surface area contributed by atoms with Crippen LogP contribution in [0.3, 0.4) is 0 Å². The topological polar surface area (TPSA) is 69.6 Å². The molecule has 9 heavy (non-hydrogen) atoms. The van der Waals surface area contributed by atoms with E-state index in [1.807, 2.05) is 6.92 Å². The molecular formula is C4H12NO3P. The van der Waals surface area contributed by atoms with E-state index in [4.69, 9.17) is 9.79 Å². The van der Waals surface area contributed by atoms with E-state index in [9.17, 15) is 4.57 Å². The Labute approximate surface area is 54.5 Å². The van der Waals surface area contributed by atoms with Crippen LogP contribution in [0.15, 0.2) is 0 Å². The van der Waals surface area contributed by atoms with E-state index in [2.05, 4.69) is 5.09 Å². The molecule has 3 N–H and O–H groups in total. The predicted molar refractivity (Wildman–Crippen MR) is 35.0 cm³/mol. The van der Waals surface area contributed by atoms with Crippen LogP contribution in [0.4, 0.5) is 0 Å². The SMILES string of the molecule is CCCCNP(=O)(O)O. The second-order valence-electron chi connectivity index (χ2n) is 1.81. The van der Waals surface area contributed by atoms with E-state index in [0.717, 1.165) is 12.8 Å². The first-order chi connectivity index (χ1) is 4.06. The first kappa shape index (κ1) is 9.11. The molecule has 0 aromatic rings. The van der Waals surface area contributed by atoms with E-state index >= 15 is 0 Å². The number of rotatable bonds is 4. The lowest BCUT2D eigenvalue weighted by molar-refractivity contribution is 0.357. The quantitative estimate of drug-likeness (QED) is 0.405. The van der Waals surface area contributed by atoms with Crippen molar-refractivity contribution in [3.05, 3.63) is 0 Å². The Morgan fingerprint density at radius 1 is 1.56 bits per heavy atom. The molecule has 0 heterocycles. The lowest BCUT2D eigenvalue weighted by atomic mass is 10.3. The van der Waals surface area contributed by atoms with Crippen LogP contribution in [0.2, 0.25) is 0 Å². The normalized spacial score (nSPS) is 11.9. The average molecular weight is 153 g/mol. The van der Waals surface area contributed by atoms with E-state index in [0.29, 0.717) is 6.54 Å². The van der Waals surface area contributed by atoms with Crippen LogP contribution in [0, 0.1) is 0 Å². The zero-order valence-electron chi connectivity index (χ0n) is 5.37. The third-order valence-corrected chi connectivity index (χ3v) is 1.48. The minimum absolute atomic E-state index is 0.390. The molecule has 0 bridgehead atoms. The largest absolute Gasteiger partial charge is 0.400 e. The van der Waals surface area contributed by atoms with Crippen LogP contribution in [0.1, 0.15) is 19.8 Å². The zero-order valence-corrected chi connectivity index (χ0v) is 6.27. The summed E-state index contributed by atoms with van der Waals surface area (Å²) >= 11 is 0. The van der Waals surface area contributed by atoms with Crippen molar-refractivity contribution in [3.63, 3.8) is 0 Å². The van der Waals surface area contributed by atoms with E-state index in [1.54, 1.807) is 0 Å². The molecule has 0 spiro atoms. The van der Waals surface area contributed by atoms with Gasteiger partial charge in [0.25, 0.3) is 0 Å². The van der Waals surface area contributed by atoms with Gasteiger partial charge >= 0.3 is 7.75 Å². The Hall–Kier alpha value is 0.110. The summed E-state index contributed by atoms with van der Waals surface area (Å²) in [6.07, 6.45) is 1.73. The van der Waals surface area contributed by atoms with Crippen LogP contribution in [-0.2, 0) is 4.57 Å². The van der Waals surface area contributed by atoms with Crippen molar-refractivity contribution in [3.8, 4) is 0 Å². The standard InChI is InChI=1S/C4H12NO3P/c1-2-3-4-5-9(6,7)8/h2-4H2,1H3,(H3,5,6,7,8). The lowest BCUT2D eigenvalue weighted by Gasteiger charge is -2.03. The highest BCUT2D eigenvalue weighted by Gasteiger charge is 2.08. The van der Waals surface area contributed by atoms with Gasteiger partial charge in [0.2, 0.25) is 0 Å². The Morgan fingerprint density at radius 3 is 2.44 bits per heavy atom. The van der Waals surface area contributed by atoms with Gasteiger partial charge in [0.15, 0.2) is 0 Å². The monoisotopic (exact) mass is 153 g/mol. The summed E-state index contributed by atoms with van der Waals surface area (Å²) in [6, 6.07) is 0. The summed E-state index contributed by atoms with van der Waals surface area (Å²) in [6.45, 7) is 2.35. The van der Waals surface area contributed by atoms with Crippen molar-refractivity contribution in [2.24, 2.45) is 0 Å². The Bertz CT molecular complexity index is 110. The molecule has 5 heteroatoms. The van der Waals surface area contributed by atoms with Crippen molar-refractivity contribution in [2.75, 3.05) is 6.54 Å². The van der Waals surface area contributed by atoms with Crippen molar-refractivity contribution >= 4 is 7.75 Å². The third-order valence-electron chi connectivity index (χ3n) is 0.848. The first-order valence-corrected chi connectivity index (χ1v) is 4.48. The van der Waals surface area contributed by atoms with Crippen LogP contribution in [0.25, 0.3) is 0 Å². The van der Waals surface area contributed by atoms with E-state index in [-0.39, 0.29) is 0 Å². The molecule has 56 valence electrons. The van der Waals surface area contributed by atoms with Gasteiger partial charge in [-0.05, 0) is 6.42 Å². The molecule has 0 atom stereocenters. The fraction of sp³-hybridized carbons (Fsp3) is 1.00. The van der Waals surface area contributed by atoms with Gasteiger partial charge in [-0.25, -0.2) is 9.65 Å².